The Morgan fingerprint density at radius 1 is 1.24 bits per heavy atom. The molecule has 0 bridgehead atoms. The van der Waals surface area contributed by atoms with Gasteiger partial charge in [-0.3, -0.25) is 0 Å². The van der Waals surface area contributed by atoms with Gasteiger partial charge in [-0.1, -0.05) is 12.1 Å². The Balaban J connectivity index is 2.11. The van der Waals surface area contributed by atoms with Crippen LogP contribution in [-0.4, -0.2) is 24.3 Å². The van der Waals surface area contributed by atoms with Crippen molar-refractivity contribution in [3.05, 3.63) is 42.2 Å². The Morgan fingerprint density at radius 2 is 2.06 bits per heavy atom. The van der Waals surface area contributed by atoms with E-state index in [0.29, 0.717) is 6.54 Å². The van der Waals surface area contributed by atoms with Crippen molar-refractivity contribution in [3.63, 3.8) is 0 Å². The molecule has 0 aliphatic heterocycles. The van der Waals surface area contributed by atoms with E-state index in [1.165, 1.54) is 0 Å². The molecule has 3 rings (SSSR count). The molecule has 0 spiro atoms. The quantitative estimate of drug-likeness (QED) is 0.667. The number of fused-ring (bicyclic) bond motifs is 1. The van der Waals surface area contributed by atoms with E-state index in [2.05, 4.69) is 25.8 Å². The van der Waals surface area contributed by atoms with Crippen molar-refractivity contribution in [3.8, 4) is 0 Å². The molecule has 0 aliphatic rings. The number of nitrogens with zero attached hydrogens (tertiary/aromatic N) is 5. The Labute approximate surface area is 98.7 Å². The Bertz CT molecular complexity index is 664. The topological polar surface area (TPSA) is 48.5 Å². The first-order valence-electron chi connectivity index (χ1n) is 5.50. The fourth-order valence-electron chi connectivity index (χ4n) is 1.99. The van der Waals surface area contributed by atoms with E-state index in [-0.39, 0.29) is 0 Å². The molecule has 0 N–H and O–H groups in total. The summed E-state index contributed by atoms with van der Waals surface area (Å²) in [5.41, 5.74) is 2.15. The highest BCUT2D eigenvalue weighted by atomic mass is 15.3. The number of hydrogen-bond donors (Lipinski definition) is 0. The molecule has 2 heterocycles. The molecule has 17 heavy (non-hydrogen) atoms. The molecule has 86 valence electrons. The van der Waals surface area contributed by atoms with Gasteiger partial charge in [0.2, 0.25) is 0 Å². The molecule has 0 radical (unpaired) electrons. The molecule has 5 nitrogen and oxygen atoms in total. The number of benzene rings is 1. The van der Waals surface area contributed by atoms with Gasteiger partial charge in [-0.2, -0.15) is 0 Å². The van der Waals surface area contributed by atoms with E-state index in [4.69, 9.17) is 0 Å². The molecule has 0 aliphatic carbocycles. The lowest BCUT2D eigenvalue weighted by molar-refractivity contribution is 0.694. The zero-order chi connectivity index (χ0) is 11.8. The summed E-state index contributed by atoms with van der Waals surface area (Å²) in [5.74, 6) is 1.92. The monoisotopic (exact) mass is 227 g/mol. The molecule has 0 saturated heterocycles. The molecular weight excluding hydrogens is 214 g/mol. The minimum atomic E-state index is 0.697. The average Bonchev–Trinajstić information content (AvgIpc) is 2.85. The maximum Gasteiger partial charge on any atom is 0.152 e. The van der Waals surface area contributed by atoms with Crippen molar-refractivity contribution >= 4 is 11.0 Å². The summed E-state index contributed by atoms with van der Waals surface area (Å²) in [6.07, 6.45) is 1.71. The van der Waals surface area contributed by atoms with E-state index in [1.54, 1.807) is 6.33 Å². The van der Waals surface area contributed by atoms with Crippen LogP contribution in [0.1, 0.15) is 11.6 Å². The van der Waals surface area contributed by atoms with Crippen LogP contribution in [-0.2, 0) is 13.6 Å². The van der Waals surface area contributed by atoms with Crippen LogP contribution in [0.25, 0.3) is 11.0 Å². The number of imidazole rings is 1. The predicted molar refractivity (Wildman–Crippen MR) is 64.6 cm³/mol. The van der Waals surface area contributed by atoms with Crippen LogP contribution in [0.4, 0.5) is 0 Å². The fraction of sp³-hybridized carbons (Fsp3) is 0.250. The van der Waals surface area contributed by atoms with Crippen molar-refractivity contribution in [2.24, 2.45) is 7.05 Å². The second kappa shape index (κ2) is 3.69. The van der Waals surface area contributed by atoms with Crippen molar-refractivity contribution < 1.29 is 0 Å². The number of aryl methyl sites for hydroxylation is 2. The SMILES string of the molecule is Cc1nc2ccccc2n1Cc1nncn1C. The number of hydrogen-bond acceptors (Lipinski definition) is 3. The molecule has 1 aromatic carbocycles. The predicted octanol–water partition coefficient (Wildman–Crippen LogP) is 1.52. The van der Waals surface area contributed by atoms with Crippen LogP contribution in [0.3, 0.4) is 0 Å². The largest absolute Gasteiger partial charge is 0.320 e. The number of rotatable bonds is 2. The highest BCUT2D eigenvalue weighted by molar-refractivity contribution is 5.75. The van der Waals surface area contributed by atoms with Gasteiger partial charge >= 0.3 is 0 Å². The zero-order valence-electron chi connectivity index (χ0n) is 9.83. The van der Waals surface area contributed by atoms with Gasteiger partial charge in [0.05, 0.1) is 17.6 Å². The first kappa shape index (κ1) is 10.0. The van der Waals surface area contributed by atoms with Gasteiger partial charge in [0.1, 0.15) is 12.2 Å². The van der Waals surface area contributed by atoms with E-state index in [9.17, 15) is 0 Å². The smallest absolute Gasteiger partial charge is 0.152 e. The second-order valence-electron chi connectivity index (χ2n) is 4.09. The fourth-order valence-corrected chi connectivity index (χ4v) is 1.99. The minimum Gasteiger partial charge on any atom is -0.320 e. The maximum absolute atomic E-state index is 4.53. The summed E-state index contributed by atoms with van der Waals surface area (Å²) in [5, 5.41) is 7.99. The van der Waals surface area contributed by atoms with Crippen molar-refractivity contribution in [2.45, 2.75) is 13.5 Å². The molecule has 0 saturated carbocycles. The van der Waals surface area contributed by atoms with E-state index in [1.807, 2.05) is 36.7 Å². The van der Waals surface area contributed by atoms with Crippen molar-refractivity contribution in [1.29, 1.82) is 0 Å². The normalized spacial score (nSPS) is 11.2. The molecule has 0 unspecified atom stereocenters. The standard InChI is InChI=1S/C12H13N5/c1-9-14-10-5-3-4-6-11(10)17(9)7-12-15-13-8-16(12)2/h3-6,8H,7H2,1-2H3. The van der Waals surface area contributed by atoms with Crippen LogP contribution in [0.5, 0.6) is 0 Å². The Kier molecular flexibility index (Phi) is 2.18. The lowest BCUT2D eigenvalue weighted by Crippen LogP contribution is -2.07. The van der Waals surface area contributed by atoms with Gasteiger partial charge in [-0.25, -0.2) is 4.98 Å². The molecule has 0 fully saturated rings. The lowest BCUT2D eigenvalue weighted by atomic mass is 10.3. The van der Waals surface area contributed by atoms with E-state index in [0.717, 1.165) is 22.7 Å². The summed E-state index contributed by atoms with van der Waals surface area (Å²) in [7, 11) is 1.95. The third-order valence-corrected chi connectivity index (χ3v) is 2.95. The van der Waals surface area contributed by atoms with Crippen molar-refractivity contribution in [2.75, 3.05) is 0 Å². The third kappa shape index (κ3) is 1.60. The van der Waals surface area contributed by atoms with Crippen LogP contribution >= 0.6 is 0 Å². The van der Waals surface area contributed by atoms with Gasteiger partial charge in [-0.05, 0) is 19.1 Å². The second-order valence-corrected chi connectivity index (χ2v) is 4.09. The molecule has 5 heteroatoms. The number of aromatic nitrogens is 5. The minimum absolute atomic E-state index is 0.697. The lowest BCUT2D eigenvalue weighted by Gasteiger charge is -2.05. The highest BCUT2D eigenvalue weighted by Gasteiger charge is 2.09. The Morgan fingerprint density at radius 3 is 2.82 bits per heavy atom. The van der Waals surface area contributed by atoms with Crippen molar-refractivity contribution in [1.82, 2.24) is 24.3 Å². The summed E-state index contributed by atoms with van der Waals surface area (Å²) >= 11 is 0. The first-order valence-corrected chi connectivity index (χ1v) is 5.50. The summed E-state index contributed by atoms with van der Waals surface area (Å²) < 4.78 is 4.08. The Hall–Kier alpha value is -2.17. The zero-order valence-corrected chi connectivity index (χ0v) is 9.83. The number of para-hydroxylation sites is 2. The van der Waals surface area contributed by atoms with Crippen LogP contribution in [0, 0.1) is 6.92 Å². The van der Waals surface area contributed by atoms with Gasteiger partial charge in [0.15, 0.2) is 5.82 Å². The maximum atomic E-state index is 4.53. The average molecular weight is 227 g/mol. The van der Waals surface area contributed by atoms with Crippen LogP contribution < -0.4 is 0 Å². The molecule has 0 amide bonds. The van der Waals surface area contributed by atoms with Gasteiger partial charge in [-0.15, -0.1) is 10.2 Å². The highest BCUT2D eigenvalue weighted by Crippen LogP contribution is 2.16. The summed E-state index contributed by atoms with van der Waals surface area (Å²) in [6.45, 7) is 2.71. The summed E-state index contributed by atoms with van der Waals surface area (Å²) in [4.78, 5) is 4.53. The molecule has 0 atom stereocenters. The molecular formula is C12H13N5. The van der Waals surface area contributed by atoms with Crippen LogP contribution in [0.2, 0.25) is 0 Å². The first-order chi connectivity index (χ1) is 8.25. The third-order valence-electron chi connectivity index (χ3n) is 2.95. The molecule has 2 aromatic heterocycles. The van der Waals surface area contributed by atoms with Gasteiger partial charge in [0, 0.05) is 7.05 Å². The van der Waals surface area contributed by atoms with Gasteiger partial charge < -0.3 is 9.13 Å². The molecule has 3 aromatic rings. The van der Waals surface area contributed by atoms with E-state index < -0.39 is 0 Å². The van der Waals surface area contributed by atoms with E-state index >= 15 is 0 Å². The van der Waals surface area contributed by atoms with Crippen LogP contribution in [0.15, 0.2) is 30.6 Å². The van der Waals surface area contributed by atoms with Gasteiger partial charge in [0.25, 0.3) is 0 Å². The summed E-state index contributed by atoms with van der Waals surface area (Å²) in [6, 6.07) is 8.12.